The molecule has 56 valence electrons. The highest BCUT2D eigenvalue weighted by Crippen LogP contribution is 2.67. The highest BCUT2D eigenvalue weighted by atomic mass is 16.5. The third-order valence-corrected chi connectivity index (χ3v) is 2.76. The van der Waals surface area contributed by atoms with Crippen LogP contribution in [0.3, 0.4) is 0 Å². The van der Waals surface area contributed by atoms with Gasteiger partial charge in [-0.1, -0.05) is 0 Å². The summed E-state index contributed by atoms with van der Waals surface area (Å²) < 4.78 is 4.60. The molecule has 0 radical (unpaired) electrons. The molecular formula is C7H10O3. The maximum atomic E-state index is 11.0. The van der Waals surface area contributed by atoms with Gasteiger partial charge in [-0.15, -0.1) is 0 Å². The van der Waals surface area contributed by atoms with Crippen molar-refractivity contribution in [2.75, 3.05) is 7.11 Å². The Morgan fingerprint density at radius 3 is 2.70 bits per heavy atom. The van der Waals surface area contributed by atoms with Crippen LogP contribution in [0, 0.1) is 11.3 Å². The molecule has 0 amide bonds. The summed E-state index contributed by atoms with van der Waals surface area (Å²) in [5, 5.41) is 9.06. The predicted molar refractivity (Wildman–Crippen MR) is 33.2 cm³/mol. The van der Waals surface area contributed by atoms with E-state index >= 15 is 0 Å². The van der Waals surface area contributed by atoms with Gasteiger partial charge in [0.1, 0.15) is 0 Å². The first-order valence-corrected chi connectivity index (χ1v) is 3.47. The number of ether oxygens (including phenoxy) is 1. The van der Waals surface area contributed by atoms with Gasteiger partial charge in [0, 0.05) is 5.92 Å². The van der Waals surface area contributed by atoms with Crippen molar-refractivity contribution >= 4 is 5.97 Å². The number of hydrogen-bond acceptors (Lipinski definition) is 3. The van der Waals surface area contributed by atoms with Crippen molar-refractivity contribution in [3.05, 3.63) is 0 Å². The fourth-order valence-corrected chi connectivity index (χ4v) is 1.95. The molecule has 1 N–H and O–H groups in total. The molecule has 2 fully saturated rings. The fraction of sp³-hybridized carbons (Fsp3) is 0.857. The Morgan fingerprint density at radius 2 is 2.40 bits per heavy atom. The van der Waals surface area contributed by atoms with Gasteiger partial charge in [0.15, 0.2) is 0 Å². The molecule has 0 spiro atoms. The zero-order valence-electron chi connectivity index (χ0n) is 5.83. The van der Waals surface area contributed by atoms with Gasteiger partial charge in [0.05, 0.1) is 18.6 Å². The van der Waals surface area contributed by atoms with Crippen LogP contribution in [0.5, 0.6) is 0 Å². The molecule has 0 aromatic heterocycles. The second-order valence-corrected chi connectivity index (χ2v) is 3.23. The third kappa shape index (κ3) is 0.475. The molecule has 0 aromatic carbocycles. The lowest BCUT2D eigenvalue weighted by atomic mass is 9.82. The van der Waals surface area contributed by atoms with Crippen molar-refractivity contribution in [3.63, 3.8) is 0 Å². The lowest BCUT2D eigenvalue weighted by Gasteiger charge is -2.27. The smallest absolute Gasteiger partial charge is 0.312 e. The monoisotopic (exact) mass is 142 g/mol. The number of esters is 1. The molecule has 3 nitrogen and oxygen atoms in total. The largest absolute Gasteiger partial charge is 0.469 e. The van der Waals surface area contributed by atoms with Gasteiger partial charge in [-0.25, -0.2) is 0 Å². The van der Waals surface area contributed by atoms with Crippen LogP contribution in [-0.2, 0) is 9.53 Å². The summed E-state index contributed by atoms with van der Waals surface area (Å²) in [5.41, 5.74) is -0.242. The summed E-state index contributed by atoms with van der Waals surface area (Å²) in [6.45, 7) is 0. The fourth-order valence-electron chi connectivity index (χ4n) is 1.95. The van der Waals surface area contributed by atoms with E-state index in [1.807, 2.05) is 0 Å². The van der Waals surface area contributed by atoms with E-state index in [1.54, 1.807) is 0 Å². The summed E-state index contributed by atoms with van der Waals surface area (Å²) in [6.07, 6.45) is 1.21. The molecule has 0 bridgehead atoms. The minimum atomic E-state index is -0.242. The van der Waals surface area contributed by atoms with Crippen LogP contribution in [0.15, 0.2) is 0 Å². The Labute approximate surface area is 59.0 Å². The van der Waals surface area contributed by atoms with Gasteiger partial charge in [0.2, 0.25) is 0 Å². The second-order valence-electron chi connectivity index (χ2n) is 3.23. The van der Waals surface area contributed by atoms with Crippen molar-refractivity contribution in [1.82, 2.24) is 0 Å². The van der Waals surface area contributed by atoms with Gasteiger partial charge in [0.25, 0.3) is 0 Å². The summed E-state index contributed by atoms with van der Waals surface area (Å²) >= 11 is 0. The van der Waals surface area contributed by atoms with Gasteiger partial charge in [-0.05, 0) is 12.8 Å². The summed E-state index contributed by atoms with van der Waals surface area (Å²) in [5.74, 6) is 0.0859. The molecule has 0 heterocycles. The third-order valence-electron chi connectivity index (χ3n) is 2.76. The average molecular weight is 142 g/mol. The van der Waals surface area contributed by atoms with Crippen LogP contribution < -0.4 is 0 Å². The first-order chi connectivity index (χ1) is 4.70. The van der Waals surface area contributed by atoms with Crippen LogP contribution in [0.1, 0.15) is 12.8 Å². The number of rotatable bonds is 1. The van der Waals surface area contributed by atoms with Gasteiger partial charge in [-0.3, -0.25) is 4.79 Å². The molecule has 0 aromatic rings. The lowest BCUT2D eigenvalue weighted by Crippen LogP contribution is -2.37. The number of carbonyl (C=O) groups is 1. The van der Waals surface area contributed by atoms with Crippen molar-refractivity contribution < 1.29 is 14.6 Å². The Kier molecular flexibility index (Phi) is 0.944. The molecule has 3 unspecified atom stereocenters. The number of hydrogen-bond donors (Lipinski definition) is 1. The second kappa shape index (κ2) is 1.53. The maximum Gasteiger partial charge on any atom is 0.312 e. The molecule has 0 aliphatic heterocycles. The van der Waals surface area contributed by atoms with Crippen LogP contribution in [0.25, 0.3) is 0 Å². The van der Waals surface area contributed by atoms with Crippen molar-refractivity contribution in [1.29, 1.82) is 0 Å². The molecular weight excluding hydrogens is 132 g/mol. The van der Waals surface area contributed by atoms with Crippen LogP contribution in [0.2, 0.25) is 0 Å². The molecule has 3 atom stereocenters. The van der Waals surface area contributed by atoms with Crippen molar-refractivity contribution in [2.24, 2.45) is 11.3 Å². The van der Waals surface area contributed by atoms with E-state index in [-0.39, 0.29) is 23.4 Å². The Balaban J connectivity index is 2.04. The van der Waals surface area contributed by atoms with Crippen molar-refractivity contribution in [2.45, 2.75) is 18.9 Å². The number of aliphatic hydroxyl groups is 1. The van der Waals surface area contributed by atoms with E-state index in [0.717, 1.165) is 6.42 Å². The van der Waals surface area contributed by atoms with Crippen LogP contribution >= 0.6 is 0 Å². The molecule has 2 rings (SSSR count). The number of methoxy groups -OCH3 is 1. The number of carbonyl (C=O) groups excluding carboxylic acids is 1. The minimum absolute atomic E-state index is 0.136. The SMILES string of the molecule is COC(=O)C12CC(O)C1C2. The first kappa shape index (κ1) is 6.16. The van der Waals surface area contributed by atoms with E-state index < -0.39 is 0 Å². The minimum Gasteiger partial charge on any atom is -0.469 e. The summed E-state index contributed by atoms with van der Waals surface area (Å²) in [4.78, 5) is 11.0. The average Bonchev–Trinajstić information content (AvgIpc) is 2.55. The Morgan fingerprint density at radius 1 is 1.70 bits per heavy atom. The predicted octanol–water partition coefficient (Wildman–Crippen LogP) is -0.0697. The van der Waals surface area contributed by atoms with E-state index in [1.165, 1.54) is 7.11 Å². The number of aliphatic hydroxyl groups excluding tert-OH is 1. The van der Waals surface area contributed by atoms with E-state index in [2.05, 4.69) is 4.74 Å². The molecule has 3 heteroatoms. The molecule has 2 aliphatic carbocycles. The maximum absolute atomic E-state index is 11.0. The highest BCUT2D eigenvalue weighted by molar-refractivity contribution is 5.82. The molecule has 10 heavy (non-hydrogen) atoms. The van der Waals surface area contributed by atoms with Gasteiger partial charge >= 0.3 is 5.97 Å². The Bertz CT molecular complexity index is 189. The zero-order chi connectivity index (χ0) is 7.35. The van der Waals surface area contributed by atoms with Crippen LogP contribution in [-0.4, -0.2) is 24.3 Å². The Hall–Kier alpha value is -0.570. The summed E-state index contributed by atoms with van der Waals surface area (Å²) in [6, 6.07) is 0. The zero-order valence-corrected chi connectivity index (χ0v) is 5.83. The quantitative estimate of drug-likeness (QED) is 0.521. The lowest BCUT2D eigenvalue weighted by molar-refractivity contribution is -0.154. The summed E-state index contributed by atoms with van der Waals surface area (Å²) in [7, 11) is 1.40. The highest BCUT2D eigenvalue weighted by Gasteiger charge is 2.72. The van der Waals surface area contributed by atoms with E-state index in [4.69, 9.17) is 5.11 Å². The van der Waals surface area contributed by atoms with Gasteiger partial charge < -0.3 is 9.84 Å². The van der Waals surface area contributed by atoms with Crippen molar-refractivity contribution in [3.8, 4) is 0 Å². The standard InChI is InChI=1S/C7H10O3/c1-10-6(9)7-2-4(7)5(8)3-7/h4-5,8H,2-3H2,1H3. The topological polar surface area (TPSA) is 46.5 Å². The molecule has 2 aliphatic rings. The number of fused-ring (bicyclic) bond motifs is 1. The normalized spacial score (nSPS) is 49.0. The molecule has 0 saturated heterocycles. The molecule has 2 saturated carbocycles. The van der Waals surface area contributed by atoms with Gasteiger partial charge in [-0.2, -0.15) is 0 Å². The van der Waals surface area contributed by atoms with E-state index in [0.29, 0.717) is 6.42 Å². The van der Waals surface area contributed by atoms with E-state index in [9.17, 15) is 4.79 Å². The van der Waals surface area contributed by atoms with Crippen LogP contribution in [0.4, 0.5) is 0 Å². The first-order valence-electron chi connectivity index (χ1n) is 3.47.